The van der Waals surface area contributed by atoms with E-state index in [0.29, 0.717) is 0 Å². The summed E-state index contributed by atoms with van der Waals surface area (Å²) in [5.41, 5.74) is 5.97. The Morgan fingerprint density at radius 2 is 1.93 bits per heavy atom. The van der Waals surface area contributed by atoms with Gasteiger partial charge < -0.3 is 10.6 Å². The van der Waals surface area contributed by atoms with Gasteiger partial charge in [0.2, 0.25) is 0 Å². The molecule has 3 aromatic rings. The third-order valence-corrected chi connectivity index (χ3v) is 5.19. The van der Waals surface area contributed by atoms with Gasteiger partial charge in [0.05, 0.1) is 11.4 Å². The maximum absolute atomic E-state index is 4.51. The van der Waals surface area contributed by atoms with Gasteiger partial charge >= 0.3 is 0 Å². The number of nitrogens with zero attached hydrogens (tertiary/aromatic N) is 5. The predicted octanol–water partition coefficient (Wildman–Crippen LogP) is 3.18. The van der Waals surface area contributed by atoms with Crippen LogP contribution in [0.2, 0.25) is 0 Å². The number of aryl methyl sites for hydroxylation is 2. The van der Waals surface area contributed by atoms with E-state index >= 15 is 0 Å². The smallest absolute Gasteiger partial charge is 0.191 e. The topological polar surface area (TPSA) is 72.1 Å². The Balaban J connectivity index is 0.00000320. The van der Waals surface area contributed by atoms with Crippen molar-refractivity contribution in [1.82, 2.24) is 30.2 Å². The van der Waals surface area contributed by atoms with Gasteiger partial charge in [-0.3, -0.25) is 9.67 Å². The summed E-state index contributed by atoms with van der Waals surface area (Å²) in [5, 5.41) is 15.7. The van der Waals surface area contributed by atoms with Crippen molar-refractivity contribution >= 4 is 29.9 Å². The summed E-state index contributed by atoms with van der Waals surface area (Å²) in [5.74, 6) is 0.824. The molecular formula is C22H32IN7. The summed E-state index contributed by atoms with van der Waals surface area (Å²) < 4.78 is 3.81. The SMILES string of the molecule is CN=C(NCCc1ccc(-n2cccn2)cc1)NC(C)Cc1c(C)nn(C)c1C.I. The van der Waals surface area contributed by atoms with Crippen molar-refractivity contribution in [1.29, 1.82) is 0 Å². The zero-order chi connectivity index (χ0) is 20.8. The van der Waals surface area contributed by atoms with Gasteiger partial charge in [-0.2, -0.15) is 10.2 Å². The quantitative estimate of drug-likeness (QED) is 0.285. The van der Waals surface area contributed by atoms with Crippen molar-refractivity contribution in [2.45, 2.75) is 39.7 Å². The highest BCUT2D eigenvalue weighted by molar-refractivity contribution is 14.0. The maximum atomic E-state index is 4.51. The number of rotatable bonds is 7. The number of hydrogen-bond donors (Lipinski definition) is 2. The van der Waals surface area contributed by atoms with E-state index in [4.69, 9.17) is 0 Å². The largest absolute Gasteiger partial charge is 0.356 e. The Kier molecular flexibility index (Phi) is 8.88. The van der Waals surface area contributed by atoms with Crippen LogP contribution in [-0.2, 0) is 19.9 Å². The van der Waals surface area contributed by atoms with Crippen molar-refractivity contribution < 1.29 is 0 Å². The molecule has 2 heterocycles. The molecule has 7 nitrogen and oxygen atoms in total. The number of benzene rings is 1. The minimum Gasteiger partial charge on any atom is -0.356 e. The third kappa shape index (κ3) is 6.07. The number of aliphatic imine (C=N–C) groups is 1. The van der Waals surface area contributed by atoms with Crippen LogP contribution in [0, 0.1) is 13.8 Å². The second-order valence-corrected chi connectivity index (χ2v) is 7.39. The number of nitrogens with one attached hydrogen (secondary N) is 2. The van der Waals surface area contributed by atoms with Crippen LogP contribution < -0.4 is 10.6 Å². The molecule has 2 N–H and O–H groups in total. The van der Waals surface area contributed by atoms with E-state index in [1.807, 2.05) is 35.7 Å². The first-order chi connectivity index (χ1) is 14.0. The minimum atomic E-state index is 0. The summed E-state index contributed by atoms with van der Waals surface area (Å²) in [6.45, 7) is 7.18. The molecule has 0 saturated heterocycles. The molecule has 1 atom stereocenters. The molecule has 2 aromatic heterocycles. The van der Waals surface area contributed by atoms with Gasteiger partial charge in [-0.15, -0.1) is 24.0 Å². The molecule has 0 aliphatic carbocycles. The molecule has 0 bridgehead atoms. The van der Waals surface area contributed by atoms with Crippen molar-refractivity contribution in [2.24, 2.45) is 12.0 Å². The average molecular weight is 521 g/mol. The third-order valence-electron chi connectivity index (χ3n) is 5.19. The Labute approximate surface area is 196 Å². The summed E-state index contributed by atoms with van der Waals surface area (Å²) in [7, 11) is 3.80. The van der Waals surface area contributed by atoms with Crippen molar-refractivity contribution in [2.75, 3.05) is 13.6 Å². The van der Waals surface area contributed by atoms with Crippen LogP contribution in [0.1, 0.15) is 29.4 Å². The highest BCUT2D eigenvalue weighted by atomic mass is 127. The van der Waals surface area contributed by atoms with Gasteiger partial charge in [-0.1, -0.05) is 12.1 Å². The lowest BCUT2D eigenvalue weighted by atomic mass is 10.1. The molecular weight excluding hydrogens is 489 g/mol. The van der Waals surface area contributed by atoms with Crippen LogP contribution in [0.3, 0.4) is 0 Å². The Hall–Kier alpha value is -2.36. The lowest BCUT2D eigenvalue weighted by Crippen LogP contribution is -2.43. The summed E-state index contributed by atoms with van der Waals surface area (Å²) in [6.07, 6.45) is 5.58. The fraction of sp³-hybridized carbons (Fsp3) is 0.409. The van der Waals surface area contributed by atoms with Gasteiger partial charge in [-0.05, 0) is 62.9 Å². The van der Waals surface area contributed by atoms with Gasteiger partial charge in [0.1, 0.15) is 0 Å². The molecule has 0 spiro atoms. The molecule has 1 aromatic carbocycles. The number of halogens is 1. The van der Waals surface area contributed by atoms with Gasteiger partial charge in [0.15, 0.2) is 5.96 Å². The first-order valence-corrected chi connectivity index (χ1v) is 10.0. The van der Waals surface area contributed by atoms with Crippen LogP contribution in [-0.4, -0.2) is 45.2 Å². The summed E-state index contributed by atoms with van der Waals surface area (Å²) in [4.78, 5) is 4.36. The van der Waals surface area contributed by atoms with E-state index in [1.165, 1.54) is 16.8 Å². The van der Waals surface area contributed by atoms with Crippen LogP contribution in [0.4, 0.5) is 0 Å². The summed E-state index contributed by atoms with van der Waals surface area (Å²) in [6, 6.07) is 10.7. The monoisotopic (exact) mass is 521 g/mol. The average Bonchev–Trinajstić information content (AvgIpc) is 3.33. The second kappa shape index (κ2) is 11.1. The van der Waals surface area contributed by atoms with E-state index in [1.54, 1.807) is 6.20 Å². The molecule has 0 aliphatic heterocycles. The fourth-order valence-electron chi connectivity index (χ4n) is 3.46. The Morgan fingerprint density at radius 3 is 2.50 bits per heavy atom. The zero-order valence-corrected chi connectivity index (χ0v) is 20.7. The van der Waals surface area contributed by atoms with Gasteiger partial charge in [0, 0.05) is 44.8 Å². The maximum Gasteiger partial charge on any atom is 0.191 e. The molecule has 8 heteroatoms. The molecule has 0 radical (unpaired) electrons. The zero-order valence-electron chi connectivity index (χ0n) is 18.4. The second-order valence-electron chi connectivity index (χ2n) is 7.39. The fourth-order valence-corrected chi connectivity index (χ4v) is 3.46. The van der Waals surface area contributed by atoms with Crippen molar-refractivity contribution in [3.8, 4) is 5.69 Å². The number of hydrogen-bond acceptors (Lipinski definition) is 3. The van der Waals surface area contributed by atoms with E-state index in [9.17, 15) is 0 Å². The molecule has 162 valence electrons. The molecule has 0 amide bonds. The molecule has 3 rings (SSSR count). The molecule has 0 aliphatic rings. The molecule has 30 heavy (non-hydrogen) atoms. The first kappa shape index (κ1) is 23.9. The van der Waals surface area contributed by atoms with Gasteiger partial charge in [0.25, 0.3) is 0 Å². The van der Waals surface area contributed by atoms with E-state index in [0.717, 1.165) is 36.7 Å². The Bertz CT molecular complexity index is 943. The highest BCUT2D eigenvalue weighted by Crippen LogP contribution is 2.14. The molecule has 0 fully saturated rings. The van der Waals surface area contributed by atoms with Crippen molar-refractivity contribution in [3.63, 3.8) is 0 Å². The van der Waals surface area contributed by atoms with Gasteiger partial charge in [-0.25, -0.2) is 4.68 Å². The Morgan fingerprint density at radius 1 is 1.20 bits per heavy atom. The van der Waals surface area contributed by atoms with Crippen LogP contribution >= 0.6 is 24.0 Å². The summed E-state index contributed by atoms with van der Waals surface area (Å²) >= 11 is 0. The normalized spacial score (nSPS) is 12.4. The number of guanidine groups is 1. The van der Waals surface area contributed by atoms with E-state index < -0.39 is 0 Å². The van der Waals surface area contributed by atoms with E-state index in [2.05, 4.69) is 70.9 Å². The van der Waals surface area contributed by atoms with Crippen molar-refractivity contribution in [3.05, 3.63) is 65.2 Å². The van der Waals surface area contributed by atoms with E-state index in [-0.39, 0.29) is 30.0 Å². The molecule has 0 saturated carbocycles. The highest BCUT2D eigenvalue weighted by Gasteiger charge is 2.13. The number of aromatic nitrogens is 4. The van der Waals surface area contributed by atoms with Crippen LogP contribution in [0.15, 0.2) is 47.7 Å². The molecule has 1 unspecified atom stereocenters. The van der Waals surface area contributed by atoms with Crippen LogP contribution in [0.25, 0.3) is 5.69 Å². The predicted molar refractivity (Wildman–Crippen MR) is 133 cm³/mol. The minimum absolute atomic E-state index is 0. The lowest BCUT2D eigenvalue weighted by Gasteiger charge is -2.18. The standard InChI is InChI=1S/C22H31N7.HI/c1-16(15-21-17(2)27-28(5)18(21)3)26-22(23-4)24-13-11-19-7-9-20(10-8-19)29-14-6-12-25-29;/h6-10,12,14,16H,11,13,15H2,1-5H3,(H2,23,24,26);1H. The lowest BCUT2D eigenvalue weighted by molar-refractivity contribution is 0.635. The first-order valence-electron chi connectivity index (χ1n) is 10.0. The van der Waals surface area contributed by atoms with Crippen LogP contribution in [0.5, 0.6) is 0 Å².